The second-order valence-electron chi connectivity index (χ2n) is 6.44. The number of nitrogens with zero attached hydrogens (tertiary/aromatic N) is 2. The lowest BCUT2D eigenvalue weighted by atomic mass is 10.2. The predicted octanol–water partition coefficient (Wildman–Crippen LogP) is 2.96. The van der Waals surface area contributed by atoms with E-state index in [-0.39, 0.29) is 0 Å². The molecule has 0 unspecified atom stereocenters. The summed E-state index contributed by atoms with van der Waals surface area (Å²) in [5, 5.41) is 3.54. The molecule has 0 aliphatic heterocycles. The molecule has 1 aromatic heterocycles. The van der Waals surface area contributed by atoms with E-state index in [0.29, 0.717) is 5.92 Å². The van der Waals surface area contributed by atoms with E-state index >= 15 is 0 Å². The lowest BCUT2D eigenvalue weighted by Crippen LogP contribution is -2.30. The van der Waals surface area contributed by atoms with E-state index in [1.165, 1.54) is 37.1 Å². The summed E-state index contributed by atoms with van der Waals surface area (Å²) < 4.78 is 0. The highest BCUT2D eigenvalue weighted by Gasteiger charge is 2.29. The van der Waals surface area contributed by atoms with Gasteiger partial charge < -0.3 is 10.2 Å². The van der Waals surface area contributed by atoms with Gasteiger partial charge in [0.25, 0.3) is 0 Å². The summed E-state index contributed by atoms with van der Waals surface area (Å²) in [7, 11) is 0. The van der Waals surface area contributed by atoms with Gasteiger partial charge in [0.15, 0.2) is 0 Å². The van der Waals surface area contributed by atoms with E-state index < -0.39 is 0 Å². The van der Waals surface area contributed by atoms with Crippen molar-refractivity contribution in [3.63, 3.8) is 0 Å². The smallest absolute Gasteiger partial charge is 0.0562 e. The van der Waals surface area contributed by atoms with Crippen molar-refractivity contribution in [3.05, 3.63) is 24.0 Å². The van der Waals surface area contributed by atoms with Gasteiger partial charge in [-0.05, 0) is 43.7 Å². The Morgan fingerprint density at radius 3 is 2.74 bits per heavy atom. The zero-order chi connectivity index (χ0) is 13.2. The van der Waals surface area contributed by atoms with Gasteiger partial charge in [-0.1, -0.05) is 13.8 Å². The molecule has 0 aromatic carbocycles. The monoisotopic (exact) mass is 259 g/mol. The van der Waals surface area contributed by atoms with Crippen LogP contribution in [0.25, 0.3) is 0 Å². The molecule has 0 saturated heterocycles. The normalized spacial score (nSPS) is 18.9. The number of hydrogen-bond donors (Lipinski definition) is 1. The summed E-state index contributed by atoms with van der Waals surface area (Å²) in [6.07, 6.45) is 7.34. The van der Waals surface area contributed by atoms with Crippen LogP contribution in [0, 0.1) is 5.92 Å². The zero-order valence-electron chi connectivity index (χ0n) is 12.1. The first-order valence-corrected chi connectivity index (χ1v) is 7.67. The first kappa shape index (κ1) is 12.9. The summed E-state index contributed by atoms with van der Waals surface area (Å²) in [4.78, 5) is 7.07. The first-order valence-electron chi connectivity index (χ1n) is 7.67. The number of anilines is 1. The third-order valence-electron chi connectivity index (χ3n) is 3.83. The molecule has 0 spiro atoms. The molecule has 2 saturated carbocycles. The van der Waals surface area contributed by atoms with Crippen LogP contribution >= 0.6 is 0 Å². The van der Waals surface area contributed by atoms with Crippen LogP contribution in [-0.4, -0.2) is 23.6 Å². The summed E-state index contributed by atoms with van der Waals surface area (Å²) in [5.41, 5.74) is 2.54. The number of hydrogen-bond acceptors (Lipinski definition) is 3. The molecule has 1 heterocycles. The number of rotatable bonds is 7. The van der Waals surface area contributed by atoms with Gasteiger partial charge >= 0.3 is 0 Å². The fourth-order valence-corrected chi connectivity index (χ4v) is 2.52. The van der Waals surface area contributed by atoms with Crippen molar-refractivity contribution in [2.24, 2.45) is 5.92 Å². The van der Waals surface area contributed by atoms with E-state index in [9.17, 15) is 0 Å². The third-order valence-corrected chi connectivity index (χ3v) is 3.83. The van der Waals surface area contributed by atoms with Gasteiger partial charge in [0, 0.05) is 37.1 Å². The molecular formula is C16H25N3. The Labute approximate surface area is 116 Å². The molecule has 2 fully saturated rings. The second kappa shape index (κ2) is 5.49. The second-order valence-corrected chi connectivity index (χ2v) is 6.44. The SMILES string of the molecule is CC(C)CN(c1ccnc(CNC2CC2)c1)C1CC1. The number of pyridine rings is 1. The minimum Gasteiger partial charge on any atom is -0.368 e. The van der Waals surface area contributed by atoms with Crippen LogP contribution in [-0.2, 0) is 6.54 Å². The van der Waals surface area contributed by atoms with Gasteiger partial charge in [0.05, 0.1) is 5.69 Å². The highest BCUT2D eigenvalue weighted by Crippen LogP contribution is 2.32. The van der Waals surface area contributed by atoms with E-state index in [0.717, 1.165) is 25.2 Å². The number of aromatic nitrogens is 1. The summed E-state index contributed by atoms with van der Waals surface area (Å²) in [6.45, 7) is 6.67. The van der Waals surface area contributed by atoms with Crippen molar-refractivity contribution < 1.29 is 0 Å². The molecule has 2 aliphatic carbocycles. The van der Waals surface area contributed by atoms with Crippen molar-refractivity contribution in [1.82, 2.24) is 10.3 Å². The molecule has 0 bridgehead atoms. The summed E-state index contributed by atoms with van der Waals surface area (Å²) in [5.74, 6) is 0.710. The maximum atomic E-state index is 4.49. The van der Waals surface area contributed by atoms with E-state index in [1.807, 2.05) is 6.20 Å². The van der Waals surface area contributed by atoms with Crippen molar-refractivity contribution in [2.75, 3.05) is 11.4 Å². The Balaban J connectivity index is 1.68. The number of nitrogens with one attached hydrogen (secondary N) is 1. The summed E-state index contributed by atoms with van der Waals surface area (Å²) in [6, 6.07) is 5.96. The molecule has 0 atom stereocenters. The zero-order valence-corrected chi connectivity index (χ0v) is 12.1. The van der Waals surface area contributed by atoms with Crippen molar-refractivity contribution in [2.45, 2.75) is 58.2 Å². The van der Waals surface area contributed by atoms with Gasteiger partial charge in [-0.25, -0.2) is 0 Å². The van der Waals surface area contributed by atoms with E-state index in [4.69, 9.17) is 0 Å². The molecule has 2 aliphatic rings. The summed E-state index contributed by atoms with van der Waals surface area (Å²) >= 11 is 0. The molecule has 3 rings (SSSR count). The predicted molar refractivity (Wildman–Crippen MR) is 79.3 cm³/mol. The molecule has 0 amide bonds. The fraction of sp³-hybridized carbons (Fsp3) is 0.688. The van der Waals surface area contributed by atoms with Crippen LogP contribution in [0.2, 0.25) is 0 Å². The lowest BCUT2D eigenvalue weighted by molar-refractivity contribution is 0.606. The molecule has 104 valence electrons. The van der Waals surface area contributed by atoms with Gasteiger partial charge in [-0.2, -0.15) is 0 Å². The standard InChI is InChI=1S/C16H25N3/c1-12(2)11-19(15-5-6-15)16-7-8-17-14(9-16)10-18-13-3-4-13/h7-9,12-13,15,18H,3-6,10-11H2,1-2H3. The Hall–Kier alpha value is -1.09. The third kappa shape index (κ3) is 3.69. The quantitative estimate of drug-likeness (QED) is 0.816. The highest BCUT2D eigenvalue weighted by atomic mass is 15.2. The van der Waals surface area contributed by atoms with Gasteiger partial charge in [0.2, 0.25) is 0 Å². The maximum absolute atomic E-state index is 4.49. The van der Waals surface area contributed by atoms with Crippen molar-refractivity contribution >= 4 is 5.69 Å². The highest BCUT2D eigenvalue weighted by molar-refractivity contribution is 5.49. The molecular weight excluding hydrogens is 234 g/mol. The molecule has 1 aromatic rings. The average molecular weight is 259 g/mol. The molecule has 19 heavy (non-hydrogen) atoms. The van der Waals surface area contributed by atoms with Crippen LogP contribution in [0.5, 0.6) is 0 Å². The fourth-order valence-electron chi connectivity index (χ4n) is 2.52. The van der Waals surface area contributed by atoms with Crippen LogP contribution in [0.3, 0.4) is 0 Å². The van der Waals surface area contributed by atoms with Crippen LogP contribution < -0.4 is 10.2 Å². The Morgan fingerprint density at radius 1 is 1.32 bits per heavy atom. The van der Waals surface area contributed by atoms with Gasteiger partial charge in [-0.3, -0.25) is 4.98 Å². The molecule has 3 nitrogen and oxygen atoms in total. The Bertz CT molecular complexity index is 422. The Kier molecular flexibility index (Phi) is 3.74. The molecule has 0 radical (unpaired) electrons. The van der Waals surface area contributed by atoms with E-state index in [1.54, 1.807) is 0 Å². The van der Waals surface area contributed by atoms with Crippen LogP contribution in [0.1, 0.15) is 45.2 Å². The van der Waals surface area contributed by atoms with Crippen LogP contribution in [0.4, 0.5) is 5.69 Å². The molecule has 1 N–H and O–H groups in total. The maximum Gasteiger partial charge on any atom is 0.0562 e. The molecule has 3 heteroatoms. The van der Waals surface area contributed by atoms with Gasteiger partial charge in [-0.15, -0.1) is 0 Å². The van der Waals surface area contributed by atoms with Crippen molar-refractivity contribution in [3.8, 4) is 0 Å². The average Bonchev–Trinajstić information content (AvgIpc) is 3.27. The van der Waals surface area contributed by atoms with E-state index in [2.05, 4.69) is 41.2 Å². The Morgan fingerprint density at radius 2 is 2.11 bits per heavy atom. The largest absolute Gasteiger partial charge is 0.368 e. The minimum atomic E-state index is 0.710. The topological polar surface area (TPSA) is 28.2 Å². The van der Waals surface area contributed by atoms with Gasteiger partial charge in [0.1, 0.15) is 0 Å². The first-order chi connectivity index (χ1) is 9.22. The van der Waals surface area contributed by atoms with Crippen molar-refractivity contribution in [1.29, 1.82) is 0 Å². The van der Waals surface area contributed by atoms with Crippen LogP contribution in [0.15, 0.2) is 18.3 Å². The minimum absolute atomic E-state index is 0.710. The lowest BCUT2D eigenvalue weighted by Gasteiger charge is -2.27.